The lowest BCUT2D eigenvalue weighted by atomic mass is 10.1. The third kappa shape index (κ3) is 4.20. The molecule has 0 aromatic heterocycles. The van der Waals surface area contributed by atoms with Gasteiger partial charge in [0.15, 0.2) is 11.5 Å². The zero-order chi connectivity index (χ0) is 19.4. The summed E-state index contributed by atoms with van der Waals surface area (Å²) in [6.45, 7) is 1.50. The first kappa shape index (κ1) is 19.5. The molecule has 1 heterocycles. The van der Waals surface area contributed by atoms with Gasteiger partial charge in [0.25, 0.3) is 5.91 Å². The molecule has 0 N–H and O–H groups in total. The number of hydrogen-bond acceptors (Lipinski definition) is 5. The van der Waals surface area contributed by atoms with E-state index in [1.54, 1.807) is 17.0 Å². The summed E-state index contributed by atoms with van der Waals surface area (Å²) in [7, 11) is 4.60. The molecule has 144 valence electrons. The number of methoxy groups -OCH3 is 3. The molecular weight excluding hydrogens is 414 g/mol. The van der Waals surface area contributed by atoms with Crippen molar-refractivity contribution < 1.29 is 23.7 Å². The van der Waals surface area contributed by atoms with Crippen LogP contribution < -0.4 is 14.2 Å². The van der Waals surface area contributed by atoms with Crippen LogP contribution in [0.15, 0.2) is 40.9 Å². The molecule has 7 heteroatoms. The third-order valence-electron chi connectivity index (χ3n) is 4.51. The summed E-state index contributed by atoms with van der Waals surface area (Å²) in [5.74, 6) is 1.28. The molecule has 0 aliphatic carbocycles. The van der Waals surface area contributed by atoms with Crippen molar-refractivity contribution >= 4 is 21.8 Å². The first-order valence-electron chi connectivity index (χ1n) is 8.53. The van der Waals surface area contributed by atoms with E-state index in [-0.39, 0.29) is 12.0 Å². The van der Waals surface area contributed by atoms with Crippen LogP contribution in [0.4, 0.5) is 0 Å². The number of benzene rings is 2. The number of ether oxygens (including phenoxy) is 4. The van der Waals surface area contributed by atoms with Crippen LogP contribution in [0, 0.1) is 0 Å². The zero-order valence-electron chi connectivity index (χ0n) is 15.5. The maximum absolute atomic E-state index is 13.1. The highest BCUT2D eigenvalue weighted by molar-refractivity contribution is 9.10. The van der Waals surface area contributed by atoms with Gasteiger partial charge in [-0.1, -0.05) is 28.1 Å². The summed E-state index contributed by atoms with van der Waals surface area (Å²) in [4.78, 5) is 14.9. The van der Waals surface area contributed by atoms with E-state index in [0.717, 1.165) is 10.0 Å². The molecule has 0 radical (unpaired) electrons. The minimum Gasteiger partial charge on any atom is -0.493 e. The zero-order valence-corrected chi connectivity index (χ0v) is 17.1. The van der Waals surface area contributed by atoms with Crippen LogP contribution in [0.5, 0.6) is 17.2 Å². The predicted molar refractivity (Wildman–Crippen MR) is 105 cm³/mol. The molecule has 1 unspecified atom stereocenters. The van der Waals surface area contributed by atoms with Crippen molar-refractivity contribution in [2.75, 3.05) is 41.0 Å². The average Bonchev–Trinajstić information content (AvgIpc) is 2.72. The molecule has 0 saturated carbocycles. The summed E-state index contributed by atoms with van der Waals surface area (Å²) < 4.78 is 22.9. The van der Waals surface area contributed by atoms with Gasteiger partial charge in [-0.2, -0.15) is 0 Å². The van der Waals surface area contributed by atoms with E-state index >= 15 is 0 Å². The molecule has 27 heavy (non-hydrogen) atoms. The van der Waals surface area contributed by atoms with Crippen LogP contribution >= 0.6 is 15.9 Å². The van der Waals surface area contributed by atoms with Crippen LogP contribution in [0.1, 0.15) is 22.0 Å². The van der Waals surface area contributed by atoms with E-state index in [9.17, 15) is 4.79 Å². The Kier molecular flexibility index (Phi) is 6.23. The van der Waals surface area contributed by atoms with Gasteiger partial charge in [-0.3, -0.25) is 4.79 Å². The van der Waals surface area contributed by atoms with Crippen LogP contribution in [-0.2, 0) is 4.74 Å². The molecule has 3 rings (SSSR count). The molecule has 2 aromatic rings. The summed E-state index contributed by atoms with van der Waals surface area (Å²) in [5, 5.41) is 0. The van der Waals surface area contributed by atoms with E-state index < -0.39 is 0 Å². The molecule has 0 bridgehead atoms. The molecule has 1 aliphatic rings. The van der Waals surface area contributed by atoms with E-state index in [4.69, 9.17) is 18.9 Å². The Morgan fingerprint density at radius 3 is 2.26 bits per heavy atom. The van der Waals surface area contributed by atoms with E-state index in [2.05, 4.69) is 15.9 Å². The monoisotopic (exact) mass is 435 g/mol. The Bertz CT molecular complexity index is 784. The first-order valence-corrected chi connectivity index (χ1v) is 9.33. The highest BCUT2D eigenvalue weighted by atomic mass is 79.9. The van der Waals surface area contributed by atoms with E-state index in [0.29, 0.717) is 42.5 Å². The van der Waals surface area contributed by atoms with Crippen LogP contribution in [0.2, 0.25) is 0 Å². The second-order valence-corrected chi connectivity index (χ2v) is 6.99. The van der Waals surface area contributed by atoms with E-state index in [1.165, 1.54) is 21.3 Å². The standard InChI is InChI=1S/C20H22BrNO5/c1-24-16-10-14(11-17(25-2)19(16)26-3)20(23)22-8-9-27-18(12-22)13-4-6-15(21)7-5-13/h4-7,10-11,18H,8-9,12H2,1-3H3. The maximum atomic E-state index is 13.1. The fourth-order valence-electron chi connectivity index (χ4n) is 3.10. The van der Waals surface area contributed by atoms with Gasteiger partial charge in [0, 0.05) is 16.6 Å². The van der Waals surface area contributed by atoms with Crippen LogP contribution in [-0.4, -0.2) is 51.8 Å². The summed E-state index contributed by atoms with van der Waals surface area (Å²) in [5.41, 5.74) is 1.53. The normalized spacial score (nSPS) is 16.7. The Hall–Kier alpha value is -2.25. The summed E-state index contributed by atoms with van der Waals surface area (Å²) in [6, 6.07) is 11.3. The second-order valence-electron chi connectivity index (χ2n) is 6.08. The number of carbonyl (C=O) groups is 1. The number of hydrogen-bond donors (Lipinski definition) is 0. The van der Waals surface area contributed by atoms with Crippen molar-refractivity contribution in [3.05, 3.63) is 52.0 Å². The molecule has 6 nitrogen and oxygen atoms in total. The number of amides is 1. The summed E-state index contributed by atoms with van der Waals surface area (Å²) in [6.07, 6.45) is -0.155. The maximum Gasteiger partial charge on any atom is 0.254 e. The predicted octanol–water partition coefficient (Wildman–Crippen LogP) is 3.69. The quantitative estimate of drug-likeness (QED) is 0.716. The highest BCUT2D eigenvalue weighted by Gasteiger charge is 2.27. The van der Waals surface area contributed by atoms with E-state index in [1.807, 2.05) is 24.3 Å². The highest BCUT2D eigenvalue weighted by Crippen LogP contribution is 2.38. The van der Waals surface area contributed by atoms with Crippen molar-refractivity contribution in [1.82, 2.24) is 4.90 Å². The van der Waals surface area contributed by atoms with Crippen LogP contribution in [0.3, 0.4) is 0 Å². The SMILES string of the molecule is COc1cc(C(=O)N2CCOC(c3ccc(Br)cc3)C2)cc(OC)c1OC. The lowest BCUT2D eigenvalue weighted by Crippen LogP contribution is -2.42. The minimum atomic E-state index is -0.155. The van der Waals surface area contributed by atoms with Crippen molar-refractivity contribution in [1.29, 1.82) is 0 Å². The number of carbonyl (C=O) groups excluding carboxylic acids is 1. The smallest absolute Gasteiger partial charge is 0.254 e. The lowest BCUT2D eigenvalue weighted by Gasteiger charge is -2.33. The molecule has 1 aliphatic heterocycles. The van der Waals surface area contributed by atoms with Crippen molar-refractivity contribution in [2.24, 2.45) is 0 Å². The van der Waals surface area contributed by atoms with Crippen molar-refractivity contribution in [2.45, 2.75) is 6.10 Å². The van der Waals surface area contributed by atoms with Crippen LogP contribution in [0.25, 0.3) is 0 Å². The van der Waals surface area contributed by atoms with Crippen molar-refractivity contribution in [3.63, 3.8) is 0 Å². The fourth-order valence-corrected chi connectivity index (χ4v) is 3.36. The molecule has 2 aromatic carbocycles. The van der Waals surface area contributed by atoms with Gasteiger partial charge in [0.2, 0.25) is 5.75 Å². The Morgan fingerprint density at radius 1 is 1.07 bits per heavy atom. The molecule has 1 saturated heterocycles. The molecular formula is C20H22BrNO5. The summed E-state index contributed by atoms with van der Waals surface area (Å²) >= 11 is 3.43. The van der Waals surface area contributed by atoms with Gasteiger partial charge < -0.3 is 23.8 Å². The molecule has 0 spiro atoms. The number of halogens is 1. The number of morpholine rings is 1. The minimum absolute atomic E-state index is 0.0975. The second kappa shape index (κ2) is 8.63. The number of rotatable bonds is 5. The molecule has 1 amide bonds. The van der Waals surface area contributed by atoms with Gasteiger partial charge in [-0.15, -0.1) is 0 Å². The lowest BCUT2D eigenvalue weighted by molar-refractivity contribution is -0.0228. The first-order chi connectivity index (χ1) is 13.1. The third-order valence-corrected chi connectivity index (χ3v) is 5.04. The Balaban J connectivity index is 1.83. The van der Waals surface area contributed by atoms with Gasteiger partial charge in [-0.25, -0.2) is 0 Å². The average molecular weight is 436 g/mol. The van der Waals surface area contributed by atoms with Crippen molar-refractivity contribution in [3.8, 4) is 17.2 Å². The van der Waals surface area contributed by atoms with Gasteiger partial charge in [-0.05, 0) is 29.8 Å². The Morgan fingerprint density at radius 2 is 1.70 bits per heavy atom. The van der Waals surface area contributed by atoms with Gasteiger partial charge >= 0.3 is 0 Å². The largest absolute Gasteiger partial charge is 0.493 e. The number of nitrogens with zero attached hydrogens (tertiary/aromatic N) is 1. The molecule has 1 atom stereocenters. The van der Waals surface area contributed by atoms with Gasteiger partial charge in [0.05, 0.1) is 34.5 Å². The molecule has 1 fully saturated rings. The Labute approximate surface area is 167 Å². The van der Waals surface area contributed by atoms with Gasteiger partial charge in [0.1, 0.15) is 6.10 Å². The topological polar surface area (TPSA) is 57.2 Å². The fraction of sp³-hybridized carbons (Fsp3) is 0.350.